The van der Waals surface area contributed by atoms with Crippen molar-refractivity contribution < 1.29 is 64.8 Å². The molecule has 0 aromatic rings. The number of hydrogen-bond donors (Lipinski definition) is 6. The van der Waals surface area contributed by atoms with Gasteiger partial charge in [-0.1, -0.05) is 0 Å². The summed E-state index contributed by atoms with van der Waals surface area (Å²) in [6.07, 6.45) is 5.62. The van der Waals surface area contributed by atoms with Gasteiger partial charge in [-0.3, -0.25) is 9.80 Å². The van der Waals surface area contributed by atoms with Gasteiger partial charge in [0.2, 0.25) is 0 Å². The monoisotopic (exact) mass is 608 g/mol. The predicted octanol–water partition coefficient (Wildman–Crippen LogP) is -0.716. The Bertz CT molecular complexity index is 472. The topological polar surface area (TPSA) is 96.3 Å². The zero-order chi connectivity index (χ0) is 30.9. The number of aliphatic hydroxyl groups excluding tert-OH is 4. The van der Waals surface area contributed by atoms with E-state index in [-0.39, 0.29) is 26.4 Å². The largest absolute Gasteiger partial charge is 0.673 e. The Morgan fingerprint density at radius 1 is 0.475 bits per heavy atom. The van der Waals surface area contributed by atoms with E-state index in [0.29, 0.717) is 0 Å². The van der Waals surface area contributed by atoms with Crippen molar-refractivity contribution in [1.82, 2.24) is 9.80 Å². The average molecular weight is 608 g/mol. The first kappa shape index (κ1) is 41.4. The first-order valence-electron chi connectivity index (χ1n) is 14.0. The fourth-order valence-corrected chi connectivity index (χ4v) is 4.41. The number of halogens is 8. The van der Waals surface area contributed by atoms with E-state index in [4.69, 9.17) is 0 Å². The van der Waals surface area contributed by atoms with E-state index in [1.165, 1.54) is 0 Å². The number of aliphatic hydroxyl groups is 4. The van der Waals surface area contributed by atoms with Gasteiger partial charge >= 0.3 is 14.5 Å². The minimum atomic E-state index is -6.00. The zero-order valence-electron chi connectivity index (χ0n) is 23.4. The first-order valence-corrected chi connectivity index (χ1v) is 14.0. The number of quaternary nitrogens is 2. The van der Waals surface area contributed by atoms with Gasteiger partial charge in [-0.05, 0) is 12.8 Å². The highest BCUT2D eigenvalue weighted by atomic mass is 19.5. The van der Waals surface area contributed by atoms with Crippen molar-refractivity contribution in [3.63, 3.8) is 0 Å². The van der Waals surface area contributed by atoms with Crippen LogP contribution in [0.4, 0.5) is 34.5 Å². The van der Waals surface area contributed by atoms with Gasteiger partial charge in [0.25, 0.3) is 0 Å². The van der Waals surface area contributed by atoms with Crippen LogP contribution in [0.3, 0.4) is 0 Å². The van der Waals surface area contributed by atoms with Crippen LogP contribution in [0.25, 0.3) is 0 Å². The minimum absolute atomic E-state index is 0.245. The van der Waals surface area contributed by atoms with Crippen molar-refractivity contribution >= 4 is 14.5 Å². The molecule has 0 amide bonds. The Balaban J connectivity index is 0. The smallest absolute Gasteiger partial charge is 0.418 e. The number of rotatable bonds is 12. The molecule has 6 N–H and O–H groups in total. The molecule has 1 aliphatic rings. The molecule has 244 valence electrons. The van der Waals surface area contributed by atoms with Crippen LogP contribution in [0.2, 0.25) is 0 Å². The van der Waals surface area contributed by atoms with Gasteiger partial charge in [0.05, 0.1) is 39.3 Å². The van der Waals surface area contributed by atoms with Crippen LogP contribution in [-0.2, 0) is 0 Å². The van der Waals surface area contributed by atoms with Crippen molar-refractivity contribution in [3.05, 3.63) is 0 Å². The normalized spacial score (nSPS) is 21.0. The molecule has 2 atom stereocenters. The molecule has 40 heavy (non-hydrogen) atoms. The Labute approximate surface area is 233 Å². The lowest BCUT2D eigenvalue weighted by Gasteiger charge is -2.30. The van der Waals surface area contributed by atoms with Crippen molar-refractivity contribution in [2.24, 2.45) is 0 Å². The lowest BCUT2D eigenvalue weighted by Crippen LogP contribution is -3.13. The van der Waals surface area contributed by atoms with Gasteiger partial charge in [-0.25, -0.2) is 0 Å². The lowest BCUT2D eigenvalue weighted by atomic mass is 10.2. The highest BCUT2D eigenvalue weighted by Gasteiger charge is 2.21. The summed E-state index contributed by atoms with van der Waals surface area (Å²) in [7, 11) is -12.0. The van der Waals surface area contributed by atoms with Gasteiger partial charge in [0.1, 0.15) is 0 Å². The second-order valence-electron chi connectivity index (χ2n) is 9.69. The molecule has 1 aliphatic heterocycles. The van der Waals surface area contributed by atoms with Gasteiger partial charge in [0.15, 0.2) is 0 Å². The van der Waals surface area contributed by atoms with Crippen molar-refractivity contribution in [2.75, 3.05) is 105 Å². The highest BCUT2D eigenvalue weighted by molar-refractivity contribution is 6.50. The summed E-state index contributed by atoms with van der Waals surface area (Å²) < 4.78 is 78.0. The summed E-state index contributed by atoms with van der Waals surface area (Å²) in [5.41, 5.74) is 0. The Morgan fingerprint density at radius 2 is 0.775 bits per heavy atom. The van der Waals surface area contributed by atoms with E-state index in [1.54, 1.807) is 9.80 Å². The average Bonchev–Trinajstić information content (AvgIpc) is 2.84. The molecular weight excluding hydrogens is 558 g/mol. The molecule has 18 heteroatoms. The molecule has 1 fully saturated rings. The second-order valence-corrected chi connectivity index (χ2v) is 9.69. The van der Waals surface area contributed by atoms with Gasteiger partial charge in [-0.2, -0.15) is 0 Å². The van der Waals surface area contributed by atoms with Crippen LogP contribution in [0.1, 0.15) is 38.5 Å². The molecule has 8 nitrogen and oxygen atoms in total. The third-order valence-electron chi connectivity index (χ3n) is 6.21. The van der Waals surface area contributed by atoms with E-state index in [9.17, 15) is 55.0 Å². The van der Waals surface area contributed by atoms with E-state index in [2.05, 4.69) is 9.80 Å². The molecule has 0 spiro atoms. The molecule has 0 aliphatic carbocycles. The molecule has 0 radical (unpaired) electrons. The molecular formula is C22H50B2F8N4O4. The molecule has 0 aromatic heterocycles. The van der Waals surface area contributed by atoms with Crippen LogP contribution < -0.4 is 9.80 Å². The second kappa shape index (κ2) is 25.9. The molecule has 1 heterocycles. The van der Waals surface area contributed by atoms with E-state index < -0.39 is 14.5 Å². The molecule has 2 unspecified atom stereocenters. The standard InChI is InChI=1S/C22H48N4O4.2BF4/c27-19-3-11-23-7-1-8-24(12-4-20-28)16-18-26(14-6-22-30)10-2-9-25(17-15-23)13-5-21-29;2*2-1(3,4)5/h27-30H,1-22H2;;/q;2*-1/p+2. The van der Waals surface area contributed by atoms with E-state index in [1.807, 2.05) is 0 Å². The highest BCUT2D eigenvalue weighted by Crippen LogP contribution is 2.07. The number of nitrogens with zero attached hydrogens (tertiary/aromatic N) is 2. The third-order valence-corrected chi connectivity index (χ3v) is 6.21. The maximum atomic E-state index is 9.75. The van der Waals surface area contributed by atoms with Gasteiger partial charge in [-0.15, -0.1) is 0 Å². The number of hydrogen-bond acceptors (Lipinski definition) is 6. The van der Waals surface area contributed by atoms with Crippen LogP contribution in [0.15, 0.2) is 0 Å². The van der Waals surface area contributed by atoms with Crippen LogP contribution in [0, 0.1) is 0 Å². The lowest BCUT2D eigenvalue weighted by molar-refractivity contribution is -0.901. The fourth-order valence-electron chi connectivity index (χ4n) is 4.41. The molecule has 0 saturated carbocycles. The van der Waals surface area contributed by atoms with E-state index >= 15 is 0 Å². The Kier molecular flexibility index (Phi) is 26.8. The van der Waals surface area contributed by atoms with Crippen molar-refractivity contribution in [2.45, 2.75) is 38.5 Å². The minimum Gasteiger partial charge on any atom is -0.418 e. The predicted molar refractivity (Wildman–Crippen MR) is 140 cm³/mol. The third kappa shape index (κ3) is 35.3. The quantitative estimate of drug-likeness (QED) is 0.130. The Morgan fingerprint density at radius 3 is 1.05 bits per heavy atom. The molecule has 1 rings (SSSR count). The van der Waals surface area contributed by atoms with Gasteiger partial charge in [0, 0.05) is 91.4 Å². The van der Waals surface area contributed by atoms with Crippen molar-refractivity contribution in [3.8, 4) is 0 Å². The fraction of sp³-hybridized carbons (Fsp3) is 1.00. The summed E-state index contributed by atoms with van der Waals surface area (Å²) in [4.78, 5) is 8.12. The van der Waals surface area contributed by atoms with Crippen molar-refractivity contribution in [1.29, 1.82) is 0 Å². The summed E-state index contributed by atoms with van der Waals surface area (Å²) >= 11 is 0. The molecule has 1 saturated heterocycles. The Hall–Kier alpha value is -0.750. The first-order chi connectivity index (χ1) is 18.7. The molecule has 0 bridgehead atoms. The summed E-state index contributed by atoms with van der Waals surface area (Å²) in [6.45, 7) is 13.5. The number of nitrogens with one attached hydrogen (secondary N) is 2. The van der Waals surface area contributed by atoms with Crippen LogP contribution in [-0.4, -0.2) is 150 Å². The zero-order valence-corrected chi connectivity index (χ0v) is 23.4. The van der Waals surface area contributed by atoms with Crippen LogP contribution in [0.5, 0.6) is 0 Å². The maximum absolute atomic E-state index is 9.75. The van der Waals surface area contributed by atoms with E-state index in [0.717, 1.165) is 117 Å². The van der Waals surface area contributed by atoms with Gasteiger partial charge < -0.3 is 64.8 Å². The van der Waals surface area contributed by atoms with Crippen LogP contribution >= 0.6 is 0 Å². The summed E-state index contributed by atoms with van der Waals surface area (Å²) in [5, 5.41) is 37.1. The summed E-state index contributed by atoms with van der Waals surface area (Å²) in [6, 6.07) is 0. The summed E-state index contributed by atoms with van der Waals surface area (Å²) in [5.74, 6) is 0. The molecule has 0 aromatic carbocycles. The maximum Gasteiger partial charge on any atom is 0.673 e. The SMILES string of the molecule is F[B-](F)(F)F.F[B-](F)(F)F.OCCCN1CCC[NH+](CCCO)CCN(CCCO)CCC[NH+](CCCO)CC1.